The molecule has 18 heavy (non-hydrogen) atoms. The third kappa shape index (κ3) is 5.98. The van der Waals surface area contributed by atoms with Gasteiger partial charge in [0.2, 0.25) is 0 Å². The monoisotopic (exact) mass is 377 g/mol. The smallest absolute Gasteiger partial charge is 0.305 e. The molecule has 0 aliphatic carbocycles. The van der Waals surface area contributed by atoms with E-state index >= 15 is 0 Å². The molecule has 0 aliphatic heterocycles. The number of carbonyl (C=O) groups is 1. The number of esters is 1. The number of ether oxygens (including phenoxy) is 1. The second-order valence-corrected chi connectivity index (χ2v) is 5.54. The second kappa shape index (κ2) is 8.67. The lowest BCUT2D eigenvalue weighted by Gasteiger charge is -2.06. The van der Waals surface area contributed by atoms with Crippen LogP contribution in [0.4, 0.5) is 0 Å². The number of carbonyl (C=O) groups excluding carboxylic acids is 1. The molecule has 5 heteroatoms. The van der Waals surface area contributed by atoms with Crippen LogP contribution >= 0.6 is 31.9 Å². The van der Waals surface area contributed by atoms with Crippen LogP contribution in [0.1, 0.15) is 25.3 Å². The molecule has 0 saturated heterocycles. The Hall–Kier alpha value is -0.390. The molecule has 0 spiro atoms. The predicted molar refractivity (Wildman–Crippen MR) is 79.4 cm³/mol. The molecule has 0 radical (unpaired) electrons. The van der Waals surface area contributed by atoms with Gasteiger partial charge < -0.3 is 10.1 Å². The first kappa shape index (κ1) is 15.7. The van der Waals surface area contributed by atoms with Gasteiger partial charge in [0.15, 0.2) is 0 Å². The number of hydrogen-bond acceptors (Lipinski definition) is 3. The van der Waals surface area contributed by atoms with E-state index in [0.29, 0.717) is 13.0 Å². The van der Waals surface area contributed by atoms with Crippen LogP contribution in [0.25, 0.3) is 0 Å². The fourth-order valence-corrected chi connectivity index (χ4v) is 2.15. The zero-order valence-corrected chi connectivity index (χ0v) is 13.5. The Morgan fingerprint density at radius 1 is 1.33 bits per heavy atom. The van der Waals surface area contributed by atoms with Crippen LogP contribution in [0.15, 0.2) is 27.1 Å². The van der Waals surface area contributed by atoms with Crippen LogP contribution in [0.2, 0.25) is 0 Å². The lowest BCUT2D eigenvalue weighted by atomic mass is 10.2. The molecule has 1 aromatic rings. The Kier molecular flexibility index (Phi) is 7.54. The van der Waals surface area contributed by atoms with Crippen molar-refractivity contribution >= 4 is 37.8 Å². The molecule has 0 heterocycles. The van der Waals surface area contributed by atoms with Crippen LogP contribution in [0.3, 0.4) is 0 Å². The van der Waals surface area contributed by atoms with Crippen LogP contribution in [0.5, 0.6) is 0 Å². The summed E-state index contributed by atoms with van der Waals surface area (Å²) in [6.45, 7) is 3.89. The minimum absolute atomic E-state index is 0.120. The lowest BCUT2D eigenvalue weighted by molar-refractivity contribution is -0.143. The number of hydrogen-bond donors (Lipinski definition) is 1. The summed E-state index contributed by atoms with van der Waals surface area (Å²) in [5.74, 6) is -0.120. The van der Waals surface area contributed by atoms with E-state index in [4.69, 9.17) is 4.74 Å². The summed E-state index contributed by atoms with van der Waals surface area (Å²) in [6, 6.07) is 6.15. The minimum Gasteiger partial charge on any atom is -0.466 e. The molecule has 100 valence electrons. The van der Waals surface area contributed by atoms with Crippen LogP contribution in [0, 0.1) is 0 Å². The van der Waals surface area contributed by atoms with Gasteiger partial charge in [0.05, 0.1) is 6.61 Å². The molecular formula is C13H17Br2NO2. The van der Waals surface area contributed by atoms with Gasteiger partial charge in [-0.25, -0.2) is 0 Å². The first-order valence-corrected chi connectivity index (χ1v) is 7.52. The summed E-state index contributed by atoms with van der Waals surface area (Å²) in [4.78, 5) is 11.1. The van der Waals surface area contributed by atoms with Crippen molar-refractivity contribution in [2.45, 2.75) is 26.3 Å². The predicted octanol–water partition coefficient (Wildman–Crippen LogP) is 3.64. The minimum atomic E-state index is -0.120. The summed E-state index contributed by atoms with van der Waals surface area (Å²) in [5.41, 5.74) is 1.21. The Labute approximate surface area is 125 Å². The highest BCUT2D eigenvalue weighted by atomic mass is 79.9. The van der Waals surface area contributed by atoms with Gasteiger partial charge in [-0.1, -0.05) is 6.07 Å². The van der Waals surface area contributed by atoms with Crippen molar-refractivity contribution in [2.75, 3.05) is 13.2 Å². The normalized spacial score (nSPS) is 10.4. The average molecular weight is 379 g/mol. The fourth-order valence-electron chi connectivity index (χ4n) is 1.47. The molecule has 0 saturated carbocycles. The maximum atomic E-state index is 11.1. The SMILES string of the molecule is CCOC(=O)CCCNCc1ccc(Br)c(Br)c1. The van der Waals surface area contributed by atoms with E-state index in [-0.39, 0.29) is 5.97 Å². The van der Waals surface area contributed by atoms with Crippen molar-refractivity contribution in [1.82, 2.24) is 5.32 Å². The molecule has 3 nitrogen and oxygen atoms in total. The van der Waals surface area contributed by atoms with Crippen LogP contribution in [-0.4, -0.2) is 19.1 Å². The highest BCUT2D eigenvalue weighted by Crippen LogP contribution is 2.23. The molecule has 0 amide bonds. The maximum Gasteiger partial charge on any atom is 0.305 e. The first-order chi connectivity index (χ1) is 8.63. The Morgan fingerprint density at radius 3 is 2.78 bits per heavy atom. The van der Waals surface area contributed by atoms with Gasteiger partial charge in [0.1, 0.15) is 0 Å². The zero-order chi connectivity index (χ0) is 13.4. The molecular weight excluding hydrogens is 362 g/mol. The third-order valence-electron chi connectivity index (χ3n) is 2.35. The van der Waals surface area contributed by atoms with E-state index < -0.39 is 0 Å². The maximum absolute atomic E-state index is 11.1. The largest absolute Gasteiger partial charge is 0.466 e. The third-order valence-corrected chi connectivity index (χ3v) is 4.23. The van der Waals surface area contributed by atoms with E-state index in [0.717, 1.165) is 28.5 Å². The topological polar surface area (TPSA) is 38.3 Å². The van der Waals surface area contributed by atoms with Crippen molar-refractivity contribution in [2.24, 2.45) is 0 Å². The molecule has 0 bridgehead atoms. The Balaban J connectivity index is 2.18. The molecule has 1 aromatic carbocycles. The molecule has 0 aliphatic rings. The molecule has 0 atom stereocenters. The number of nitrogens with one attached hydrogen (secondary N) is 1. The summed E-state index contributed by atoms with van der Waals surface area (Å²) < 4.78 is 6.96. The standard InChI is InChI=1S/C13H17Br2NO2/c1-2-18-13(17)4-3-7-16-9-10-5-6-11(14)12(15)8-10/h5-6,8,16H,2-4,7,9H2,1H3. The van der Waals surface area contributed by atoms with Crippen LogP contribution < -0.4 is 5.32 Å². The summed E-state index contributed by atoms with van der Waals surface area (Å²) in [6.07, 6.45) is 1.28. The van der Waals surface area contributed by atoms with E-state index in [1.165, 1.54) is 5.56 Å². The van der Waals surface area contributed by atoms with Gasteiger partial charge in [-0.2, -0.15) is 0 Å². The molecule has 0 aromatic heterocycles. The van der Waals surface area contributed by atoms with E-state index in [1.54, 1.807) is 0 Å². The van der Waals surface area contributed by atoms with E-state index in [2.05, 4.69) is 49.3 Å². The number of rotatable bonds is 7. The van der Waals surface area contributed by atoms with Gasteiger partial charge in [-0.05, 0) is 69.4 Å². The Bertz CT molecular complexity index is 397. The number of benzene rings is 1. The average Bonchev–Trinajstić information content (AvgIpc) is 2.33. The number of halogens is 2. The van der Waals surface area contributed by atoms with Crippen molar-refractivity contribution in [3.05, 3.63) is 32.7 Å². The quantitative estimate of drug-likeness (QED) is 0.581. The zero-order valence-electron chi connectivity index (χ0n) is 10.3. The fraction of sp³-hybridized carbons (Fsp3) is 0.462. The van der Waals surface area contributed by atoms with Crippen molar-refractivity contribution < 1.29 is 9.53 Å². The van der Waals surface area contributed by atoms with Gasteiger partial charge in [0, 0.05) is 21.9 Å². The second-order valence-electron chi connectivity index (χ2n) is 3.83. The highest BCUT2D eigenvalue weighted by Gasteiger charge is 2.01. The van der Waals surface area contributed by atoms with Gasteiger partial charge in [-0.3, -0.25) is 4.79 Å². The van der Waals surface area contributed by atoms with Crippen molar-refractivity contribution in [3.8, 4) is 0 Å². The first-order valence-electron chi connectivity index (χ1n) is 5.93. The molecule has 1 rings (SSSR count). The van der Waals surface area contributed by atoms with Crippen molar-refractivity contribution in [1.29, 1.82) is 0 Å². The molecule has 1 N–H and O–H groups in total. The summed E-state index contributed by atoms with van der Waals surface area (Å²) in [5, 5.41) is 3.30. The van der Waals surface area contributed by atoms with Crippen molar-refractivity contribution in [3.63, 3.8) is 0 Å². The summed E-state index contributed by atoms with van der Waals surface area (Å²) >= 11 is 6.90. The van der Waals surface area contributed by atoms with Gasteiger partial charge in [-0.15, -0.1) is 0 Å². The Morgan fingerprint density at radius 2 is 2.11 bits per heavy atom. The molecule has 0 fully saturated rings. The van der Waals surface area contributed by atoms with Crippen LogP contribution in [-0.2, 0) is 16.1 Å². The highest BCUT2D eigenvalue weighted by molar-refractivity contribution is 9.13. The molecule has 0 unspecified atom stereocenters. The van der Waals surface area contributed by atoms with Gasteiger partial charge in [0.25, 0.3) is 0 Å². The van der Waals surface area contributed by atoms with Gasteiger partial charge >= 0.3 is 5.97 Å². The summed E-state index contributed by atoms with van der Waals surface area (Å²) in [7, 11) is 0. The van der Waals surface area contributed by atoms with E-state index in [1.807, 2.05) is 13.0 Å². The van der Waals surface area contributed by atoms with E-state index in [9.17, 15) is 4.79 Å². The lowest BCUT2D eigenvalue weighted by Crippen LogP contribution is -2.16.